The van der Waals surface area contributed by atoms with Crippen molar-refractivity contribution in [3.8, 4) is 0 Å². The molecule has 0 aromatic rings. The highest BCUT2D eigenvalue weighted by molar-refractivity contribution is 9.10. The number of halogens is 1. The highest BCUT2D eigenvalue weighted by Crippen LogP contribution is 2.84. The van der Waals surface area contributed by atoms with Gasteiger partial charge in [-0.25, -0.2) is 0 Å². The third kappa shape index (κ3) is 1.58. The van der Waals surface area contributed by atoms with Gasteiger partial charge >= 0.3 is 0 Å². The summed E-state index contributed by atoms with van der Waals surface area (Å²) in [5, 5.41) is 0. The Balaban J connectivity index is 1.54. The van der Waals surface area contributed by atoms with Crippen molar-refractivity contribution in [2.75, 3.05) is 0 Å². The number of hydrogen-bond acceptors (Lipinski definition) is 0. The first-order valence-electron chi connectivity index (χ1n) is 11.3. The maximum Gasteiger partial charge on any atom is 0.0350 e. The van der Waals surface area contributed by atoms with Crippen LogP contribution in [0, 0.1) is 51.2 Å². The van der Waals surface area contributed by atoms with E-state index in [1.807, 2.05) is 0 Å². The predicted octanol–water partition coefficient (Wildman–Crippen LogP) is 7.21. The Kier molecular flexibility index (Phi) is 2.88. The molecule has 0 aliphatic heterocycles. The van der Waals surface area contributed by atoms with Crippen LogP contribution in [0.25, 0.3) is 0 Å². The summed E-state index contributed by atoms with van der Waals surface area (Å²) in [6.45, 7) is 10.6. The molecule has 8 aliphatic carbocycles. The largest absolute Gasteiger partial charge is 0.0844 e. The summed E-state index contributed by atoms with van der Waals surface area (Å²) < 4.78 is 0.329. The van der Waals surface area contributed by atoms with E-state index < -0.39 is 0 Å². The van der Waals surface area contributed by atoms with Gasteiger partial charge in [0, 0.05) is 4.32 Å². The quantitative estimate of drug-likeness (QED) is 0.404. The number of rotatable bonds is 1. The second-order valence-corrected chi connectivity index (χ2v) is 14.3. The summed E-state index contributed by atoms with van der Waals surface area (Å²) in [5.74, 6) is 5.26. The van der Waals surface area contributed by atoms with Crippen molar-refractivity contribution in [1.82, 2.24) is 0 Å². The molecular formula is C24H37Br. The Bertz CT molecular complexity index is 595. The fraction of sp³-hybridized carbons (Fsp3) is 1.00. The Morgan fingerprint density at radius 1 is 0.640 bits per heavy atom. The SMILES string of the molecule is CC1(C)C2CC3CC1(C)C(C)(Br)C(C14CC5CC(CC(C5)C1)C4)(C3)C2. The first-order chi connectivity index (χ1) is 11.6. The van der Waals surface area contributed by atoms with Crippen LogP contribution in [0.3, 0.4) is 0 Å². The Morgan fingerprint density at radius 3 is 1.76 bits per heavy atom. The van der Waals surface area contributed by atoms with E-state index >= 15 is 0 Å². The molecule has 0 aromatic heterocycles. The number of alkyl halides is 1. The lowest BCUT2D eigenvalue weighted by molar-refractivity contribution is -0.276. The van der Waals surface area contributed by atoms with Gasteiger partial charge in [-0.05, 0) is 122 Å². The average molecular weight is 405 g/mol. The van der Waals surface area contributed by atoms with Crippen molar-refractivity contribution >= 4 is 15.9 Å². The van der Waals surface area contributed by atoms with Gasteiger partial charge in [-0.15, -0.1) is 0 Å². The fourth-order valence-electron chi connectivity index (χ4n) is 10.9. The maximum atomic E-state index is 4.56. The van der Waals surface area contributed by atoms with E-state index in [9.17, 15) is 0 Å². The zero-order valence-corrected chi connectivity index (χ0v) is 18.4. The molecule has 1 heteroatoms. The molecule has 0 amide bonds. The van der Waals surface area contributed by atoms with Crippen LogP contribution in [0.5, 0.6) is 0 Å². The smallest absolute Gasteiger partial charge is 0.0350 e. The van der Waals surface area contributed by atoms with Gasteiger partial charge in [0.2, 0.25) is 0 Å². The fourth-order valence-corrected chi connectivity index (χ4v) is 12.3. The molecule has 8 aliphatic rings. The lowest BCUT2D eigenvalue weighted by atomic mass is 9.26. The van der Waals surface area contributed by atoms with Crippen LogP contribution >= 0.6 is 15.9 Å². The third-order valence-electron chi connectivity index (χ3n) is 12.0. The molecule has 5 atom stereocenters. The summed E-state index contributed by atoms with van der Waals surface area (Å²) in [6, 6.07) is 0. The van der Waals surface area contributed by atoms with E-state index in [1.54, 1.807) is 57.8 Å². The normalized spacial score (nSPS) is 66.4. The van der Waals surface area contributed by atoms with Crippen LogP contribution in [0.2, 0.25) is 0 Å². The molecule has 8 fully saturated rings. The lowest BCUT2D eigenvalue weighted by Crippen LogP contribution is -2.76. The monoisotopic (exact) mass is 404 g/mol. The second kappa shape index (κ2) is 4.38. The van der Waals surface area contributed by atoms with E-state index in [4.69, 9.17) is 0 Å². The van der Waals surface area contributed by atoms with Crippen molar-refractivity contribution in [1.29, 1.82) is 0 Å². The summed E-state index contributed by atoms with van der Waals surface area (Å²) in [4.78, 5) is 0. The molecule has 140 valence electrons. The third-order valence-corrected chi connectivity index (χ3v) is 13.6. The zero-order valence-electron chi connectivity index (χ0n) is 16.8. The van der Waals surface area contributed by atoms with Gasteiger partial charge in [0.05, 0.1) is 0 Å². The van der Waals surface area contributed by atoms with Gasteiger partial charge in [-0.3, -0.25) is 0 Å². The minimum Gasteiger partial charge on any atom is -0.0844 e. The van der Waals surface area contributed by atoms with E-state index in [2.05, 4.69) is 43.6 Å². The molecule has 5 unspecified atom stereocenters. The highest BCUT2D eigenvalue weighted by atomic mass is 79.9. The topological polar surface area (TPSA) is 0 Å². The molecule has 0 radical (unpaired) electrons. The average Bonchev–Trinajstić information content (AvgIpc) is 2.50. The van der Waals surface area contributed by atoms with Crippen LogP contribution in [0.4, 0.5) is 0 Å². The summed E-state index contributed by atoms with van der Waals surface area (Å²) >= 11 is 4.56. The van der Waals surface area contributed by atoms with Gasteiger partial charge in [0.1, 0.15) is 0 Å². The van der Waals surface area contributed by atoms with Crippen molar-refractivity contribution < 1.29 is 0 Å². The Hall–Kier alpha value is 0.480. The zero-order chi connectivity index (χ0) is 17.5. The minimum atomic E-state index is 0.329. The van der Waals surface area contributed by atoms with Crippen LogP contribution in [0.15, 0.2) is 0 Å². The van der Waals surface area contributed by atoms with Gasteiger partial charge < -0.3 is 0 Å². The van der Waals surface area contributed by atoms with Gasteiger partial charge in [-0.2, -0.15) is 0 Å². The van der Waals surface area contributed by atoms with E-state index in [-0.39, 0.29) is 0 Å². The summed E-state index contributed by atoms with van der Waals surface area (Å²) in [5.41, 5.74) is 2.24. The predicted molar refractivity (Wildman–Crippen MR) is 108 cm³/mol. The Morgan fingerprint density at radius 2 is 1.20 bits per heavy atom. The molecule has 0 aromatic carbocycles. The van der Waals surface area contributed by atoms with E-state index in [0.717, 1.165) is 29.6 Å². The van der Waals surface area contributed by atoms with Crippen molar-refractivity contribution in [2.24, 2.45) is 51.2 Å². The molecule has 8 saturated carbocycles. The van der Waals surface area contributed by atoms with E-state index in [1.165, 1.54) is 6.42 Å². The standard InChI is InChI=1S/C24H37Br/c1-20(2)19-8-18-9-21(20,3)22(4,25)24(13-18,14-19)23-10-15-5-16(11-23)7-17(6-15)12-23/h15-19H,5-14H2,1-4H3. The van der Waals surface area contributed by atoms with Crippen LogP contribution in [0.1, 0.15) is 91.9 Å². The molecule has 0 spiro atoms. The molecule has 0 saturated heterocycles. The molecule has 0 N–H and O–H groups in total. The molecule has 0 nitrogen and oxygen atoms in total. The second-order valence-electron chi connectivity index (χ2n) is 12.7. The first-order valence-corrected chi connectivity index (χ1v) is 12.1. The van der Waals surface area contributed by atoms with E-state index in [0.29, 0.717) is 26.0 Å². The van der Waals surface area contributed by atoms with Gasteiger partial charge in [-0.1, -0.05) is 36.7 Å². The van der Waals surface area contributed by atoms with Gasteiger partial charge in [0.25, 0.3) is 0 Å². The maximum absolute atomic E-state index is 4.56. The molecule has 0 heterocycles. The van der Waals surface area contributed by atoms with Crippen molar-refractivity contribution in [3.05, 3.63) is 0 Å². The molecular weight excluding hydrogens is 368 g/mol. The van der Waals surface area contributed by atoms with Crippen LogP contribution in [-0.2, 0) is 0 Å². The van der Waals surface area contributed by atoms with Crippen LogP contribution in [-0.4, -0.2) is 4.32 Å². The Labute approximate surface area is 163 Å². The summed E-state index contributed by atoms with van der Waals surface area (Å²) in [6.07, 6.45) is 15.7. The van der Waals surface area contributed by atoms with Crippen molar-refractivity contribution in [3.63, 3.8) is 0 Å². The lowest BCUT2D eigenvalue weighted by Gasteiger charge is -2.81. The molecule has 8 bridgehead atoms. The number of hydrogen-bond donors (Lipinski definition) is 0. The highest BCUT2D eigenvalue weighted by Gasteiger charge is 2.78. The first kappa shape index (κ1) is 16.4. The minimum absolute atomic E-state index is 0.329. The van der Waals surface area contributed by atoms with Crippen molar-refractivity contribution in [2.45, 2.75) is 96.2 Å². The molecule has 25 heavy (non-hydrogen) atoms. The van der Waals surface area contributed by atoms with Gasteiger partial charge in [0.15, 0.2) is 0 Å². The summed E-state index contributed by atoms with van der Waals surface area (Å²) in [7, 11) is 0. The van der Waals surface area contributed by atoms with Crippen LogP contribution < -0.4 is 0 Å². The molecule has 8 rings (SSSR count).